The Kier molecular flexibility index (Phi) is 4.71. The van der Waals surface area contributed by atoms with Crippen molar-refractivity contribution in [1.82, 2.24) is 0 Å². The Labute approximate surface area is 166 Å². The first kappa shape index (κ1) is 18.6. The summed E-state index contributed by atoms with van der Waals surface area (Å²) in [6.45, 7) is 0. The van der Waals surface area contributed by atoms with Gasteiger partial charge in [0.15, 0.2) is 5.75 Å². The molecule has 1 aliphatic heterocycles. The van der Waals surface area contributed by atoms with E-state index in [1.54, 1.807) is 41.9 Å². The zero-order chi connectivity index (χ0) is 20.4. The molecule has 0 bridgehead atoms. The SMILES string of the molecule is O=S1(=O)N=C(Nc2ccccc2Oc2ccccc2)Nc2c([O-])cc(NO)cc21. The summed E-state index contributed by atoms with van der Waals surface area (Å²) >= 11 is 0. The van der Waals surface area contributed by atoms with Crippen LogP contribution in [0, 0.1) is 0 Å². The van der Waals surface area contributed by atoms with Crippen LogP contribution >= 0.6 is 0 Å². The normalized spacial score (nSPS) is 14.2. The highest BCUT2D eigenvalue weighted by atomic mass is 32.2. The molecule has 3 aromatic carbocycles. The number of nitrogens with one attached hydrogen (secondary N) is 3. The number of para-hydroxylation sites is 3. The summed E-state index contributed by atoms with van der Waals surface area (Å²) in [5, 5.41) is 26.8. The second kappa shape index (κ2) is 7.34. The second-order valence-electron chi connectivity index (χ2n) is 6.04. The first-order valence-corrected chi connectivity index (χ1v) is 9.86. The molecule has 4 N–H and O–H groups in total. The first-order valence-electron chi connectivity index (χ1n) is 8.42. The average Bonchev–Trinajstić information content (AvgIpc) is 2.70. The van der Waals surface area contributed by atoms with Gasteiger partial charge in [-0.25, -0.2) is 0 Å². The standard InChI is InChI=1S/C19H16N4O5S/c24-15-10-12(22-25)11-17-18(15)21-19(23-29(17,26)27)20-14-8-4-5-9-16(14)28-13-6-2-1-3-7-13/h1-11,22,24-25H,(H2,20,21,23)/p-1. The van der Waals surface area contributed by atoms with Gasteiger partial charge in [0.2, 0.25) is 5.96 Å². The molecule has 0 aliphatic carbocycles. The third-order valence-corrected chi connectivity index (χ3v) is 5.34. The molecule has 10 heteroatoms. The largest absolute Gasteiger partial charge is 0.871 e. The molecule has 1 heterocycles. The van der Waals surface area contributed by atoms with Gasteiger partial charge in [0, 0.05) is 0 Å². The lowest BCUT2D eigenvalue weighted by atomic mass is 10.2. The van der Waals surface area contributed by atoms with Crippen molar-refractivity contribution < 1.29 is 23.5 Å². The van der Waals surface area contributed by atoms with Crippen LogP contribution in [0.1, 0.15) is 0 Å². The van der Waals surface area contributed by atoms with Gasteiger partial charge in [0.05, 0.1) is 17.1 Å². The molecule has 148 valence electrons. The molecule has 0 spiro atoms. The van der Waals surface area contributed by atoms with E-state index in [-0.39, 0.29) is 22.2 Å². The lowest BCUT2D eigenvalue weighted by Gasteiger charge is -2.25. The van der Waals surface area contributed by atoms with Gasteiger partial charge in [0.1, 0.15) is 10.6 Å². The molecule has 0 fully saturated rings. The van der Waals surface area contributed by atoms with Crippen LogP contribution in [0.5, 0.6) is 17.2 Å². The van der Waals surface area contributed by atoms with Crippen molar-refractivity contribution in [2.75, 3.05) is 16.1 Å². The van der Waals surface area contributed by atoms with Gasteiger partial charge in [-0.2, -0.15) is 8.42 Å². The van der Waals surface area contributed by atoms with E-state index in [0.29, 0.717) is 17.2 Å². The van der Waals surface area contributed by atoms with Crippen LogP contribution < -0.4 is 26.0 Å². The van der Waals surface area contributed by atoms with Crippen LogP contribution in [0.2, 0.25) is 0 Å². The predicted molar refractivity (Wildman–Crippen MR) is 106 cm³/mol. The van der Waals surface area contributed by atoms with Gasteiger partial charge in [-0.05, 0) is 36.4 Å². The maximum atomic E-state index is 12.5. The number of hydrogen-bond donors (Lipinski definition) is 4. The zero-order valence-electron chi connectivity index (χ0n) is 14.8. The Hall–Kier alpha value is -3.76. The van der Waals surface area contributed by atoms with Crippen LogP contribution in [0.3, 0.4) is 0 Å². The Bertz CT molecular complexity index is 1200. The lowest BCUT2D eigenvalue weighted by Crippen LogP contribution is -2.29. The van der Waals surface area contributed by atoms with Gasteiger partial charge in [-0.1, -0.05) is 36.1 Å². The highest BCUT2D eigenvalue weighted by Gasteiger charge is 2.26. The Morgan fingerprint density at radius 3 is 2.52 bits per heavy atom. The first-order chi connectivity index (χ1) is 14.0. The number of sulfonamides is 1. The number of benzene rings is 3. The quantitative estimate of drug-likeness (QED) is 0.481. The summed E-state index contributed by atoms with van der Waals surface area (Å²) < 4.78 is 34.6. The van der Waals surface area contributed by atoms with Crippen molar-refractivity contribution >= 4 is 33.0 Å². The van der Waals surface area contributed by atoms with E-state index in [9.17, 15) is 13.5 Å². The molecule has 1 aliphatic rings. The van der Waals surface area contributed by atoms with Gasteiger partial charge < -0.3 is 20.5 Å². The summed E-state index contributed by atoms with van der Waals surface area (Å²) in [6, 6.07) is 18.2. The molecule has 0 unspecified atom stereocenters. The predicted octanol–water partition coefficient (Wildman–Crippen LogP) is 2.94. The minimum absolute atomic E-state index is 0.0488. The highest BCUT2D eigenvalue weighted by Crippen LogP contribution is 2.37. The monoisotopic (exact) mass is 411 g/mol. The molecule has 0 atom stereocenters. The fourth-order valence-corrected chi connectivity index (χ4v) is 3.86. The molecule has 29 heavy (non-hydrogen) atoms. The molecular formula is C19H15N4O5S-. The minimum atomic E-state index is -4.17. The Balaban J connectivity index is 1.66. The molecule has 4 rings (SSSR count). The highest BCUT2D eigenvalue weighted by molar-refractivity contribution is 7.90. The second-order valence-corrected chi connectivity index (χ2v) is 7.61. The fraction of sp³-hybridized carbons (Fsp3) is 0. The molecule has 0 radical (unpaired) electrons. The van der Waals surface area contributed by atoms with Crippen molar-refractivity contribution in [1.29, 1.82) is 0 Å². The van der Waals surface area contributed by atoms with E-state index < -0.39 is 15.8 Å². The lowest BCUT2D eigenvalue weighted by molar-refractivity contribution is -0.267. The number of anilines is 3. The number of fused-ring (bicyclic) bond motifs is 1. The van der Waals surface area contributed by atoms with Crippen molar-refractivity contribution in [2.24, 2.45) is 4.40 Å². The van der Waals surface area contributed by atoms with Crippen molar-refractivity contribution in [3.63, 3.8) is 0 Å². The third-order valence-electron chi connectivity index (χ3n) is 4.04. The topological polar surface area (TPSA) is 135 Å². The summed E-state index contributed by atoms with van der Waals surface area (Å²) in [6.07, 6.45) is 0. The Morgan fingerprint density at radius 1 is 1.03 bits per heavy atom. The van der Waals surface area contributed by atoms with E-state index in [2.05, 4.69) is 15.0 Å². The molecule has 0 saturated carbocycles. The van der Waals surface area contributed by atoms with E-state index in [1.807, 2.05) is 18.2 Å². The summed E-state index contributed by atoms with van der Waals surface area (Å²) in [5.74, 6) is 0.270. The minimum Gasteiger partial charge on any atom is -0.871 e. The number of rotatable bonds is 4. The zero-order valence-corrected chi connectivity index (χ0v) is 15.6. The van der Waals surface area contributed by atoms with Crippen LogP contribution in [0.15, 0.2) is 76.0 Å². The molecule has 0 aromatic heterocycles. The number of guanidine groups is 1. The van der Waals surface area contributed by atoms with E-state index in [4.69, 9.17) is 9.94 Å². The molecule has 3 aromatic rings. The smallest absolute Gasteiger partial charge is 0.287 e. The van der Waals surface area contributed by atoms with Gasteiger partial charge in [0.25, 0.3) is 10.0 Å². The number of ether oxygens (including phenoxy) is 1. The Morgan fingerprint density at radius 2 is 1.76 bits per heavy atom. The molecular weight excluding hydrogens is 396 g/mol. The molecule has 0 amide bonds. The fourth-order valence-electron chi connectivity index (χ4n) is 2.75. The molecule has 9 nitrogen and oxygen atoms in total. The van der Waals surface area contributed by atoms with Crippen LogP contribution in [0.25, 0.3) is 0 Å². The number of hydrogen-bond acceptors (Lipinski definition) is 8. The maximum absolute atomic E-state index is 12.5. The molecule has 0 saturated heterocycles. The van der Waals surface area contributed by atoms with Crippen LogP contribution in [0.4, 0.5) is 17.1 Å². The van der Waals surface area contributed by atoms with Crippen molar-refractivity contribution in [3.05, 3.63) is 66.7 Å². The van der Waals surface area contributed by atoms with E-state index in [1.165, 1.54) is 0 Å². The van der Waals surface area contributed by atoms with Crippen LogP contribution in [-0.4, -0.2) is 19.6 Å². The van der Waals surface area contributed by atoms with Crippen molar-refractivity contribution in [3.8, 4) is 17.2 Å². The van der Waals surface area contributed by atoms with Gasteiger partial charge in [-0.3, -0.25) is 10.7 Å². The van der Waals surface area contributed by atoms with Crippen molar-refractivity contribution in [2.45, 2.75) is 4.90 Å². The summed E-state index contributed by atoms with van der Waals surface area (Å²) in [5.41, 5.74) is 2.00. The summed E-state index contributed by atoms with van der Waals surface area (Å²) in [7, 11) is -4.17. The van der Waals surface area contributed by atoms with Crippen LogP contribution in [-0.2, 0) is 10.0 Å². The average molecular weight is 411 g/mol. The van der Waals surface area contributed by atoms with Gasteiger partial charge >= 0.3 is 0 Å². The summed E-state index contributed by atoms with van der Waals surface area (Å²) in [4.78, 5) is -0.332. The van der Waals surface area contributed by atoms with E-state index >= 15 is 0 Å². The van der Waals surface area contributed by atoms with E-state index in [0.717, 1.165) is 12.1 Å². The number of nitrogens with zero attached hydrogens (tertiary/aromatic N) is 1. The third kappa shape index (κ3) is 3.79. The van der Waals surface area contributed by atoms with Gasteiger partial charge in [-0.15, -0.1) is 4.40 Å². The maximum Gasteiger partial charge on any atom is 0.287 e.